The van der Waals surface area contributed by atoms with Crippen molar-refractivity contribution in [2.75, 3.05) is 17.6 Å². The lowest BCUT2D eigenvalue weighted by molar-refractivity contribution is 1.17. The predicted octanol–water partition coefficient (Wildman–Crippen LogP) is 3.29. The maximum absolute atomic E-state index is 4.20. The lowest BCUT2D eigenvalue weighted by Gasteiger charge is -2.04. The summed E-state index contributed by atoms with van der Waals surface area (Å²) >= 11 is 1.85. The van der Waals surface area contributed by atoms with Crippen molar-refractivity contribution in [2.45, 2.75) is 4.90 Å². The number of aromatic nitrogens is 1. The minimum atomic E-state index is 0.927. The van der Waals surface area contributed by atoms with E-state index < -0.39 is 0 Å². The Hall–Kier alpha value is -1.48. The Morgan fingerprint density at radius 2 is 1.81 bits per heavy atom. The number of hydrogen-bond donors (Lipinski definition) is 1. The molecular weight excluding hydrogens is 216 g/mol. The molecule has 1 heterocycles. The summed E-state index contributed by atoms with van der Waals surface area (Å²) in [5, 5.41) is 3.28. The van der Waals surface area contributed by atoms with Crippen molar-refractivity contribution >= 4 is 17.6 Å². The molecule has 2 rings (SSSR count). The van der Waals surface area contributed by atoms with Crippen LogP contribution in [0, 0.1) is 0 Å². The zero-order valence-electron chi connectivity index (χ0n) is 8.97. The highest BCUT2D eigenvalue weighted by Crippen LogP contribution is 2.16. The molecule has 0 fully saturated rings. The summed E-state index contributed by atoms with van der Waals surface area (Å²) in [7, 11) is 0. The molecule has 0 saturated heterocycles. The first-order chi connectivity index (χ1) is 7.95. The molecule has 82 valence electrons. The summed E-state index contributed by atoms with van der Waals surface area (Å²) in [6.45, 7) is 0.927. The number of nitrogens with one attached hydrogen (secondary N) is 1. The first-order valence-electron chi connectivity index (χ1n) is 5.28. The van der Waals surface area contributed by atoms with Crippen molar-refractivity contribution in [1.82, 2.24) is 4.98 Å². The molecule has 0 bridgehead atoms. The molecule has 1 aromatic carbocycles. The van der Waals surface area contributed by atoms with Crippen LogP contribution < -0.4 is 5.32 Å². The van der Waals surface area contributed by atoms with E-state index in [1.807, 2.05) is 36.0 Å². The highest BCUT2D eigenvalue weighted by atomic mass is 32.2. The molecule has 0 amide bonds. The number of thioether (sulfide) groups is 1. The average Bonchev–Trinajstić information content (AvgIpc) is 2.37. The third-order valence-corrected chi connectivity index (χ3v) is 3.10. The summed E-state index contributed by atoms with van der Waals surface area (Å²) in [4.78, 5) is 5.51. The molecule has 2 nitrogen and oxygen atoms in total. The average molecular weight is 230 g/mol. The summed E-state index contributed by atoms with van der Waals surface area (Å²) in [6.07, 6.45) is 1.80. The highest BCUT2D eigenvalue weighted by molar-refractivity contribution is 7.99. The molecule has 0 aliphatic rings. The first kappa shape index (κ1) is 11.0. The van der Waals surface area contributed by atoms with Gasteiger partial charge in [-0.1, -0.05) is 24.3 Å². The van der Waals surface area contributed by atoms with Gasteiger partial charge >= 0.3 is 0 Å². The van der Waals surface area contributed by atoms with Gasteiger partial charge in [-0.3, -0.25) is 0 Å². The quantitative estimate of drug-likeness (QED) is 0.630. The van der Waals surface area contributed by atoms with Gasteiger partial charge in [0.25, 0.3) is 0 Å². The molecule has 0 atom stereocenters. The molecule has 0 saturated carbocycles. The van der Waals surface area contributed by atoms with Crippen LogP contribution in [0.1, 0.15) is 0 Å². The topological polar surface area (TPSA) is 24.9 Å². The standard InChI is InChI=1S/C13H14N2S/c1-2-6-12(7-3-1)16-11-10-15-13-8-4-5-9-14-13/h1-9H,10-11H2,(H,14,15). The molecule has 2 aromatic rings. The van der Waals surface area contributed by atoms with E-state index in [1.165, 1.54) is 4.90 Å². The molecule has 3 heteroatoms. The second-order valence-electron chi connectivity index (χ2n) is 3.30. The maximum atomic E-state index is 4.20. The normalized spacial score (nSPS) is 10.0. The van der Waals surface area contributed by atoms with Crippen LogP contribution >= 0.6 is 11.8 Å². The van der Waals surface area contributed by atoms with E-state index in [-0.39, 0.29) is 0 Å². The molecule has 1 aromatic heterocycles. The van der Waals surface area contributed by atoms with Crippen LogP contribution in [-0.2, 0) is 0 Å². The van der Waals surface area contributed by atoms with Gasteiger partial charge in [-0.15, -0.1) is 11.8 Å². The van der Waals surface area contributed by atoms with Gasteiger partial charge in [0.05, 0.1) is 0 Å². The zero-order chi connectivity index (χ0) is 11.1. The summed E-state index contributed by atoms with van der Waals surface area (Å²) in [6, 6.07) is 16.3. The largest absolute Gasteiger partial charge is 0.369 e. The van der Waals surface area contributed by atoms with Crippen LogP contribution in [-0.4, -0.2) is 17.3 Å². The second-order valence-corrected chi connectivity index (χ2v) is 4.47. The van der Waals surface area contributed by atoms with Gasteiger partial charge < -0.3 is 5.32 Å². The zero-order valence-corrected chi connectivity index (χ0v) is 9.78. The van der Waals surface area contributed by atoms with Crippen LogP contribution in [0.3, 0.4) is 0 Å². The lowest BCUT2D eigenvalue weighted by atomic mass is 10.4. The highest BCUT2D eigenvalue weighted by Gasteiger charge is 1.93. The number of pyridine rings is 1. The van der Waals surface area contributed by atoms with Gasteiger partial charge in [0.2, 0.25) is 0 Å². The van der Waals surface area contributed by atoms with Gasteiger partial charge in [0.1, 0.15) is 5.82 Å². The Morgan fingerprint density at radius 1 is 1.00 bits per heavy atom. The van der Waals surface area contributed by atoms with Crippen LogP contribution in [0.2, 0.25) is 0 Å². The fourth-order valence-electron chi connectivity index (χ4n) is 1.33. The fraction of sp³-hybridized carbons (Fsp3) is 0.154. The minimum absolute atomic E-state index is 0.927. The summed E-state index contributed by atoms with van der Waals surface area (Å²) in [5.41, 5.74) is 0. The fourth-order valence-corrected chi connectivity index (χ4v) is 2.12. The Kier molecular flexibility index (Phi) is 4.26. The minimum Gasteiger partial charge on any atom is -0.369 e. The Bertz CT molecular complexity index is 361. The Morgan fingerprint density at radius 3 is 2.56 bits per heavy atom. The van der Waals surface area contributed by atoms with Crippen molar-refractivity contribution in [3.05, 3.63) is 54.7 Å². The predicted molar refractivity (Wildman–Crippen MR) is 69.9 cm³/mol. The van der Waals surface area contributed by atoms with Crippen molar-refractivity contribution in [3.63, 3.8) is 0 Å². The molecule has 1 N–H and O–H groups in total. The smallest absolute Gasteiger partial charge is 0.125 e. The van der Waals surface area contributed by atoms with E-state index in [2.05, 4.69) is 34.6 Å². The van der Waals surface area contributed by atoms with Crippen LogP contribution in [0.15, 0.2) is 59.6 Å². The number of nitrogens with zero attached hydrogens (tertiary/aromatic N) is 1. The van der Waals surface area contributed by atoms with Crippen molar-refractivity contribution in [2.24, 2.45) is 0 Å². The van der Waals surface area contributed by atoms with Crippen LogP contribution in [0.4, 0.5) is 5.82 Å². The van der Waals surface area contributed by atoms with Crippen LogP contribution in [0.25, 0.3) is 0 Å². The number of rotatable bonds is 5. The molecule has 16 heavy (non-hydrogen) atoms. The third-order valence-electron chi connectivity index (χ3n) is 2.09. The van der Waals surface area contributed by atoms with E-state index in [0.717, 1.165) is 18.1 Å². The van der Waals surface area contributed by atoms with E-state index in [9.17, 15) is 0 Å². The van der Waals surface area contributed by atoms with Crippen molar-refractivity contribution in [1.29, 1.82) is 0 Å². The Labute approximate surface area is 100 Å². The van der Waals surface area contributed by atoms with E-state index in [1.54, 1.807) is 6.20 Å². The molecule has 0 aliphatic carbocycles. The van der Waals surface area contributed by atoms with Crippen LogP contribution in [0.5, 0.6) is 0 Å². The summed E-state index contributed by atoms with van der Waals surface area (Å²) < 4.78 is 0. The van der Waals surface area contributed by atoms with Gasteiger partial charge in [0.15, 0.2) is 0 Å². The second kappa shape index (κ2) is 6.18. The lowest BCUT2D eigenvalue weighted by Crippen LogP contribution is -2.04. The number of anilines is 1. The Balaban J connectivity index is 1.70. The SMILES string of the molecule is c1ccc(SCCNc2ccccn2)cc1. The van der Waals surface area contributed by atoms with E-state index in [0.29, 0.717) is 0 Å². The van der Waals surface area contributed by atoms with E-state index in [4.69, 9.17) is 0 Å². The van der Waals surface area contributed by atoms with Crippen molar-refractivity contribution in [3.8, 4) is 0 Å². The monoisotopic (exact) mass is 230 g/mol. The van der Waals surface area contributed by atoms with Gasteiger partial charge in [0, 0.05) is 23.4 Å². The molecule has 0 spiro atoms. The molecule has 0 aliphatic heterocycles. The van der Waals surface area contributed by atoms with E-state index >= 15 is 0 Å². The molecule has 0 unspecified atom stereocenters. The van der Waals surface area contributed by atoms with Gasteiger partial charge in [-0.2, -0.15) is 0 Å². The maximum Gasteiger partial charge on any atom is 0.125 e. The number of benzene rings is 1. The first-order valence-corrected chi connectivity index (χ1v) is 6.26. The molecular formula is C13H14N2S. The van der Waals surface area contributed by atoms with Gasteiger partial charge in [-0.05, 0) is 24.3 Å². The third kappa shape index (κ3) is 3.59. The number of hydrogen-bond acceptors (Lipinski definition) is 3. The molecule has 0 radical (unpaired) electrons. The summed E-state index contributed by atoms with van der Waals surface area (Å²) in [5.74, 6) is 1.98. The van der Waals surface area contributed by atoms with Gasteiger partial charge in [-0.25, -0.2) is 4.98 Å². The van der Waals surface area contributed by atoms with Crippen molar-refractivity contribution < 1.29 is 0 Å².